The van der Waals surface area contributed by atoms with Crippen molar-refractivity contribution < 1.29 is 9.53 Å². The molecule has 4 rings (SSSR count). The number of nitrogens with one attached hydrogen (secondary N) is 1. The molecule has 1 amide bonds. The molecule has 3 aliphatic rings. The Balaban J connectivity index is 1.63. The van der Waals surface area contributed by atoms with Crippen LogP contribution in [0.1, 0.15) is 43.8 Å². The van der Waals surface area contributed by atoms with Gasteiger partial charge in [-0.15, -0.1) is 0 Å². The third-order valence-corrected chi connectivity index (χ3v) is 5.12. The molecule has 6 heteroatoms. The molecule has 3 atom stereocenters. The van der Waals surface area contributed by atoms with Crippen LogP contribution in [-0.2, 0) is 16.6 Å². The van der Waals surface area contributed by atoms with Crippen LogP contribution >= 0.6 is 0 Å². The molecule has 22 heavy (non-hydrogen) atoms. The van der Waals surface area contributed by atoms with E-state index in [-0.39, 0.29) is 6.04 Å². The van der Waals surface area contributed by atoms with Crippen LogP contribution in [0.5, 0.6) is 0 Å². The van der Waals surface area contributed by atoms with Crippen molar-refractivity contribution in [2.75, 3.05) is 13.2 Å². The zero-order chi connectivity index (χ0) is 15.1. The summed E-state index contributed by atoms with van der Waals surface area (Å²) in [4.78, 5) is 14.7. The van der Waals surface area contributed by atoms with E-state index in [2.05, 4.69) is 21.4 Å². The number of hydrogen-bond donors (Lipinski definition) is 1. The Bertz CT molecular complexity index is 548. The molecule has 3 heterocycles. The average molecular weight is 304 g/mol. The summed E-state index contributed by atoms with van der Waals surface area (Å²) >= 11 is 0. The summed E-state index contributed by atoms with van der Waals surface area (Å²) in [6, 6.07) is 3.28. The molecule has 6 nitrogen and oxygen atoms in total. The molecule has 0 spiro atoms. The predicted molar refractivity (Wildman–Crippen MR) is 81.2 cm³/mol. The number of aromatic nitrogens is 2. The number of aryl methyl sites for hydroxylation is 1. The smallest absolute Gasteiger partial charge is 0.223 e. The first kappa shape index (κ1) is 14.2. The van der Waals surface area contributed by atoms with Crippen LogP contribution in [-0.4, -0.2) is 51.9 Å². The molecule has 120 valence electrons. The molecule has 1 unspecified atom stereocenters. The van der Waals surface area contributed by atoms with Gasteiger partial charge < -0.3 is 15.0 Å². The van der Waals surface area contributed by atoms with E-state index in [0.717, 1.165) is 44.6 Å². The SMILES string of the molecule is Cn1nccc1[C@H]1[C@H](NC2CCOC2)CCC(=O)N1C1CC1. The van der Waals surface area contributed by atoms with Crippen LogP contribution in [0.3, 0.4) is 0 Å². The van der Waals surface area contributed by atoms with Crippen LogP contribution in [0.2, 0.25) is 0 Å². The van der Waals surface area contributed by atoms with Gasteiger partial charge >= 0.3 is 0 Å². The first-order valence-corrected chi connectivity index (χ1v) is 8.37. The van der Waals surface area contributed by atoms with E-state index in [0.29, 0.717) is 30.5 Å². The quantitative estimate of drug-likeness (QED) is 0.901. The van der Waals surface area contributed by atoms with Gasteiger partial charge in [0, 0.05) is 44.4 Å². The molecule has 0 bridgehead atoms. The van der Waals surface area contributed by atoms with E-state index in [4.69, 9.17) is 4.74 Å². The summed E-state index contributed by atoms with van der Waals surface area (Å²) in [5, 5.41) is 8.08. The van der Waals surface area contributed by atoms with Crippen molar-refractivity contribution in [1.29, 1.82) is 0 Å². The lowest BCUT2D eigenvalue weighted by atomic mass is 9.91. The van der Waals surface area contributed by atoms with Crippen molar-refractivity contribution in [2.45, 2.75) is 56.3 Å². The van der Waals surface area contributed by atoms with Crippen LogP contribution in [0.15, 0.2) is 12.3 Å². The number of ether oxygens (including phenoxy) is 1. The average Bonchev–Trinajstić information content (AvgIpc) is 3.04. The molecule has 2 aliphatic heterocycles. The Morgan fingerprint density at radius 2 is 2.18 bits per heavy atom. The molecular weight excluding hydrogens is 280 g/mol. The zero-order valence-corrected chi connectivity index (χ0v) is 13.1. The van der Waals surface area contributed by atoms with Gasteiger partial charge in [0.1, 0.15) is 0 Å². The second-order valence-corrected chi connectivity index (χ2v) is 6.73. The van der Waals surface area contributed by atoms with E-state index in [9.17, 15) is 4.79 Å². The van der Waals surface area contributed by atoms with Gasteiger partial charge in [0.2, 0.25) is 5.91 Å². The number of rotatable bonds is 4. The monoisotopic (exact) mass is 304 g/mol. The van der Waals surface area contributed by atoms with Crippen LogP contribution in [0, 0.1) is 0 Å². The van der Waals surface area contributed by atoms with Crippen LogP contribution < -0.4 is 5.32 Å². The van der Waals surface area contributed by atoms with Crippen molar-refractivity contribution in [3.05, 3.63) is 18.0 Å². The number of nitrogens with zero attached hydrogens (tertiary/aromatic N) is 3. The van der Waals surface area contributed by atoms with Crippen molar-refractivity contribution in [1.82, 2.24) is 20.0 Å². The van der Waals surface area contributed by atoms with Crippen LogP contribution in [0.25, 0.3) is 0 Å². The summed E-state index contributed by atoms with van der Waals surface area (Å²) in [5.74, 6) is 0.300. The highest BCUT2D eigenvalue weighted by atomic mass is 16.5. The molecule has 1 N–H and O–H groups in total. The van der Waals surface area contributed by atoms with Crippen molar-refractivity contribution in [3.8, 4) is 0 Å². The third-order valence-electron chi connectivity index (χ3n) is 5.12. The fraction of sp³-hybridized carbons (Fsp3) is 0.750. The normalized spacial score (nSPS) is 32.7. The Kier molecular flexibility index (Phi) is 3.66. The number of amides is 1. The fourth-order valence-electron chi connectivity index (χ4n) is 3.86. The summed E-state index contributed by atoms with van der Waals surface area (Å²) in [5.41, 5.74) is 1.14. The highest BCUT2D eigenvalue weighted by Gasteiger charge is 2.45. The lowest BCUT2D eigenvalue weighted by Gasteiger charge is -2.42. The van der Waals surface area contributed by atoms with Crippen molar-refractivity contribution in [3.63, 3.8) is 0 Å². The van der Waals surface area contributed by atoms with Gasteiger partial charge in [-0.3, -0.25) is 9.48 Å². The Morgan fingerprint density at radius 3 is 2.82 bits per heavy atom. The minimum absolute atomic E-state index is 0.0989. The van der Waals surface area contributed by atoms with E-state index < -0.39 is 0 Å². The summed E-state index contributed by atoms with van der Waals surface area (Å²) < 4.78 is 7.41. The second kappa shape index (κ2) is 5.66. The highest BCUT2D eigenvalue weighted by molar-refractivity contribution is 5.78. The fourth-order valence-corrected chi connectivity index (χ4v) is 3.86. The lowest BCUT2D eigenvalue weighted by molar-refractivity contribution is -0.139. The predicted octanol–water partition coefficient (Wildman–Crippen LogP) is 0.993. The zero-order valence-electron chi connectivity index (χ0n) is 13.1. The van der Waals surface area contributed by atoms with Gasteiger partial charge in [-0.2, -0.15) is 5.10 Å². The molecule has 3 fully saturated rings. The topological polar surface area (TPSA) is 59.4 Å². The van der Waals surface area contributed by atoms with Gasteiger partial charge in [0.15, 0.2) is 0 Å². The van der Waals surface area contributed by atoms with E-state index in [1.54, 1.807) is 0 Å². The minimum Gasteiger partial charge on any atom is -0.380 e. The molecule has 2 saturated heterocycles. The molecule has 1 saturated carbocycles. The maximum Gasteiger partial charge on any atom is 0.223 e. The van der Waals surface area contributed by atoms with Crippen LogP contribution in [0.4, 0.5) is 0 Å². The lowest BCUT2D eigenvalue weighted by Crippen LogP contribution is -2.54. The van der Waals surface area contributed by atoms with Gasteiger partial charge in [-0.1, -0.05) is 0 Å². The van der Waals surface area contributed by atoms with Crippen molar-refractivity contribution in [2.24, 2.45) is 7.05 Å². The Labute approximate surface area is 130 Å². The first-order chi connectivity index (χ1) is 10.7. The van der Waals surface area contributed by atoms with Gasteiger partial charge in [-0.25, -0.2) is 0 Å². The largest absolute Gasteiger partial charge is 0.380 e. The summed E-state index contributed by atoms with van der Waals surface area (Å²) in [6.07, 6.45) is 6.71. The molecule has 0 radical (unpaired) electrons. The van der Waals surface area contributed by atoms with Gasteiger partial charge in [-0.05, 0) is 31.7 Å². The number of piperidine rings is 1. The van der Waals surface area contributed by atoms with E-state index in [1.165, 1.54) is 0 Å². The summed E-state index contributed by atoms with van der Waals surface area (Å²) in [7, 11) is 1.97. The van der Waals surface area contributed by atoms with Crippen molar-refractivity contribution >= 4 is 5.91 Å². The number of likely N-dealkylation sites (tertiary alicyclic amines) is 1. The minimum atomic E-state index is 0.0989. The number of carbonyl (C=O) groups is 1. The highest BCUT2D eigenvalue weighted by Crippen LogP contribution is 2.40. The number of carbonyl (C=O) groups excluding carboxylic acids is 1. The molecule has 1 aliphatic carbocycles. The van der Waals surface area contributed by atoms with E-state index >= 15 is 0 Å². The molecule has 0 aromatic carbocycles. The molecule has 1 aromatic heterocycles. The Hall–Kier alpha value is -1.40. The molecule has 1 aromatic rings. The maximum atomic E-state index is 12.5. The standard InChI is InChI=1S/C16H24N4O2/c1-19-14(6-8-17-19)16-13(18-11-7-9-22-10-11)4-5-15(21)20(16)12-2-3-12/h6,8,11-13,16,18H,2-5,7,9-10H2,1H3/t11?,13-,16-/m1/s1. The first-order valence-electron chi connectivity index (χ1n) is 8.37. The van der Waals surface area contributed by atoms with Gasteiger partial charge in [0.05, 0.1) is 18.3 Å². The Morgan fingerprint density at radius 1 is 1.32 bits per heavy atom. The molecular formula is C16H24N4O2. The second-order valence-electron chi connectivity index (χ2n) is 6.73. The third kappa shape index (κ3) is 2.54. The van der Waals surface area contributed by atoms with E-state index in [1.807, 2.05) is 17.9 Å². The number of hydrogen-bond acceptors (Lipinski definition) is 4. The summed E-state index contributed by atoms with van der Waals surface area (Å²) in [6.45, 7) is 1.62. The van der Waals surface area contributed by atoms with Gasteiger partial charge in [0.25, 0.3) is 0 Å². The maximum absolute atomic E-state index is 12.5.